The molecule has 1 unspecified atom stereocenters. The van der Waals surface area contributed by atoms with Crippen LogP contribution in [0.1, 0.15) is 136 Å². The Kier molecular flexibility index (Phi) is 72.7. The van der Waals surface area contributed by atoms with E-state index in [1.807, 2.05) is 13.8 Å². The second-order valence-electron chi connectivity index (χ2n) is 19.2. The van der Waals surface area contributed by atoms with E-state index in [2.05, 4.69) is 0 Å². The SMILES string of the molecule is CCC(C)C(=O)OCCCOCCCOCCCOCCCOCCCOCCCOCCCOCCCOCCCOCCCOCCCOCCCOCCCOCCCOCCCOCCCOCCCOCCCOC. The Labute approximate surface area is 486 Å². The molecule has 0 bridgehead atoms. The molecule has 0 spiro atoms. The molecular formula is C60H120O20. The van der Waals surface area contributed by atoms with Crippen molar-refractivity contribution >= 4 is 5.97 Å². The molecule has 1 atom stereocenters. The van der Waals surface area contributed by atoms with Crippen LogP contribution in [0.3, 0.4) is 0 Å². The van der Waals surface area contributed by atoms with Crippen LogP contribution >= 0.6 is 0 Å². The minimum Gasteiger partial charge on any atom is -0.465 e. The highest BCUT2D eigenvalue weighted by Gasteiger charge is 2.11. The molecule has 0 rings (SSSR count). The van der Waals surface area contributed by atoms with Gasteiger partial charge in [-0.15, -0.1) is 0 Å². The third-order valence-corrected chi connectivity index (χ3v) is 11.6. The molecule has 0 N–H and O–H groups in total. The van der Waals surface area contributed by atoms with Crippen LogP contribution in [0.15, 0.2) is 0 Å². The van der Waals surface area contributed by atoms with E-state index in [1.54, 1.807) is 7.11 Å². The van der Waals surface area contributed by atoms with Crippen molar-refractivity contribution in [3.63, 3.8) is 0 Å². The third-order valence-electron chi connectivity index (χ3n) is 11.6. The van der Waals surface area contributed by atoms with Gasteiger partial charge in [-0.3, -0.25) is 4.79 Å². The number of hydrogen-bond acceptors (Lipinski definition) is 20. The van der Waals surface area contributed by atoms with Crippen molar-refractivity contribution in [1.82, 2.24) is 0 Å². The average molecular weight is 1160 g/mol. The predicted molar refractivity (Wildman–Crippen MR) is 309 cm³/mol. The highest BCUT2D eigenvalue weighted by molar-refractivity contribution is 5.71. The fourth-order valence-electron chi connectivity index (χ4n) is 6.89. The van der Waals surface area contributed by atoms with Crippen molar-refractivity contribution in [2.75, 3.05) is 245 Å². The van der Waals surface area contributed by atoms with E-state index in [0.717, 1.165) is 155 Å². The lowest BCUT2D eigenvalue weighted by atomic mass is 10.1. The van der Waals surface area contributed by atoms with Crippen molar-refractivity contribution in [3.05, 3.63) is 0 Å². The molecule has 0 aliphatic carbocycles. The lowest BCUT2D eigenvalue weighted by Gasteiger charge is -2.09. The van der Waals surface area contributed by atoms with Crippen LogP contribution in [-0.4, -0.2) is 251 Å². The highest BCUT2D eigenvalue weighted by atomic mass is 16.5. The van der Waals surface area contributed by atoms with Crippen LogP contribution in [0.25, 0.3) is 0 Å². The van der Waals surface area contributed by atoms with Crippen LogP contribution < -0.4 is 0 Å². The summed E-state index contributed by atoms with van der Waals surface area (Å²) < 4.78 is 106. The minimum atomic E-state index is -0.128. The third kappa shape index (κ3) is 71.0. The summed E-state index contributed by atoms with van der Waals surface area (Å²) in [5.41, 5.74) is 0. The van der Waals surface area contributed by atoms with Crippen molar-refractivity contribution in [3.8, 4) is 0 Å². The molecule has 0 fully saturated rings. The summed E-state index contributed by atoms with van der Waals surface area (Å²) in [6, 6.07) is 0. The summed E-state index contributed by atoms with van der Waals surface area (Å²) in [5, 5.41) is 0. The molecule has 0 amide bonds. The number of carbonyl (C=O) groups is 1. The molecule has 20 nitrogen and oxygen atoms in total. The van der Waals surface area contributed by atoms with Crippen LogP contribution in [0.5, 0.6) is 0 Å². The normalized spacial score (nSPS) is 12.1. The Balaban J connectivity index is 3.09. The quantitative estimate of drug-likeness (QED) is 0.0415. The van der Waals surface area contributed by atoms with E-state index in [0.29, 0.717) is 205 Å². The van der Waals surface area contributed by atoms with Gasteiger partial charge in [0.2, 0.25) is 0 Å². The van der Waals surface area contributed by atoms with Crippen molar-refractivity contribution in [2.24, 2.45) is 5.92 Å². The fraction of sp³-hybridized carbons (Fsp3) is 0.983. The predicted octanol–water partition coefficient (Wildman–Crippen LogP) is 8.53. The van der Waals surface area contributed by atoms with Gasteiger partial charge in [-0.25, -0.2) is 0 Å². The molecule has 480 valence electrons. The van der Waals surface area contributed by atoms with Gasteiger partial charge in [-0.2, -0.15) is 0 Å². The largest absolute Gasteiger partial charge is 0.465 e. The van der Waals surface area contributed by atoms with Crippen LogP contribution in [0.2, 0.25) is 0 Å². The zero-order valence-corrected chi connectivity index (χ0v) is 51.1. The first-order chi connectivity index (χ1) is 39.7. The minimum absolute atomic E-state index is 0.0370. The molecule has 0 saturated heterocycles. The number of rotatable bonds is 74. The summed E-state index contributed by atoms with van der Waals surface area (Å²) in [4.78, 5) is 11.6. The molecule has 0 aromatic carbocycles. The van der Waals surface area contributed by atoms with E-state index in [4.69, 9.17) is 90.0 Å². The maximum Gasteiger partial charge on any atom is 0.308 e. The molecular weight excluding hydrogens is 1040 g/mol. The fourth-order valence-corrected chi connectivity index (χ4v) is 6.89. The zero-order chi connectivity index (χ0) is 57.5. The summed E-state index contributed by atoms with van der Waals surface area (Å²) >= 11 is 0. The summed E-state index contributed by atoms with van der Waals surface area (Å²) in [6.07, 6.45) is 16.6. The zero-order valence-electron chi connectivity index (χ0n) is 51.1. The first-order valence-electron chi connectivity index (χ1n) is 31.2. The molecule has 0 heterocycles. The number of ether oxygens (including phenoxy) is 19. The molecule has 0 aromatic rings. The molecule has 0 saturated carbocycles. The van der Waals surface area contributed by atoms with E-state index >= 15 is 0 Å². The van der Waals surface area contributed by atoms with Crippen molar-refractivity contribution in [1.29, 1.82) is 0 Å². The van der Waals surface area contributed by atoms with Crippen molar-refractivity contribution < 1.29 is 94.8 Å². The van der Waals surface area contributed by atoms with Gasteiger partial charge in [0.25, 0.3) is 0 Å². The number of esters is 1. The Morgan fingerprint density at radius 2 is 0.350 bits per heavy atom. The van der Waals surface area contributed by atoms with Gasteiger partial charge in [0.1, 0.15) is 0 Å². The van der Waals surface area contributed by atoms with E-state index in [9.17, 15) is 4.79 Å². The van der Waals surface area contributed by atoms with Crippen LogP contribution in [-0.2, 0) is 94.8 Å². The summed E-state index contributed by atoms with van der Waals surface area (Å²) in [6.45, 7) is 28.7. The Hall–Kier alpha value is -1.25. The number of carbonyl (C=O) groups excluding carboxylic acids is 1. The summed E-state index contributed by atoms with van der Waals surface area (Å²) in [7, 11) is 1.70. The molecule has 0 aromatic heterocycles. The maximum absolute atomic E-state index is 11.6. The van der Waals surface area contributed by atoms with E-state index in [-0.39, 0.29) is 11.9 Å². The second-order valence-corrected chi connectivity index (χ2v) is 19.2. The van der Waals surface area contributed by atoms with Crippen LogP contribution in [0.4, 0.5) is 0 Å². The molecule has 20 heteroatoms. The lowest BCUT2D eigenvalue weighted by Crippen LogP contribution is -2.15. The van der Waals surface area contributed by atoms with Gasteiger partial charge in [-0.1, -0.05) is 13.8 Å². The smallest absolute Gasteiger partial charge is 0.308 e. The first-order valence-corrected chi connectivity index (χ1v) is 31.2. The Morgan fingerprint density at radius 3 is 0.475 bits per heavy atom. The second kappa shape index (κ2) is 73.9. The number of hydrogen-bond donors (Lipinski definition) is 0. The highest BCUT2D eigenvalue weighted by Crippen LogP contribution is 2.04. The topological polar surface area (TPSA) is 192 Å². The van der Waals surface area contributed by atoms with E-state index in [1.165, 1.54) is 0 Å². The molecule has 0 aliphatic heterocycles. The first kappa shape index (κ1) is 78.8. The van der Waals surface area contributed by atoms with Gasteiger partial charge in [0, 0.05) is 245 Å². The van der Waals surface area contributed by atoms with Gasteiger partial charge in [0.15, 0.2) is 0 Å². The average Bonchev–Trinajstić information content (AvgIpc) is 3.47. The Bertz CT molecular complexity index is 1120. The Morgan fingerprint density at radius 1 is 0.225 bits per heavy atom. The van der Waals surface area contributed by atoms with Crippen molar-refractivity contribution in [2.45, 2.75) is 136 Å². The van der Waals surface area contributed by atoms with E-state index < -0.39 is 0 Å². The van der Waals surface area contributed by atoms with Gasteiger partial charge >= 0.3 is 5.97 Å². The lowest BCUT2D eigenvalue weighted by molar-refractivity contribution is -0.148. The van der Waals surface area contributed by atoms with Gasteiger partial charge < -0.3 is 90.0 Å². The number of methoxy groups -OCH3 is 1. The molecule has 0 radical (unpaired) electrons. The molecule has 0 aliphatic rings. The van der Waals surface area contributed by atoms with Gasteiger partial charge in [0.05, 0.1) is 12.5 Å². The van der Waals surface area contributed by atoms with Crippen LogP contribution in [0, 0.1) is 5.92 Å². The standard InChI is InChI=1S/C60H120O20/c1-4-59(2)60(61)80-58-22-57-79-56-21-55-78-54-20-53-77-52-19-51-76-50-18-49-75-48-17-47-74-46-16-45-73-44-15-43-72-42-14-41-71-40-13-39-70-38-12-37-69-36-11-35-68-34-10-33-67-32-9-31-66-30-8-29-65-28-7-27-64-26-6-25-63-24-5-23-62-3/h59H,4-58H2,1-3H3. The monoisotopic (exact) mass is 1160 g/mol. The van der Waals surface area contributed by atoms with Gasteiger partial charge in [-0.05, 0) is 116 Å². The summed E-state index contributed by atoms with van der Waals surface area (Å²) in [5.74, 6) is -0.165. The maximum atomic E-state index is 11.6. The molecule has 80 heavy (non-hydrogen) atoms.